The summed E-state index contributed by atoms with van der Waals surface area (Å²) in [6, 6.07) is 6.80. The van der Waals surface area contributed by atoms with Crippen molar-refractivity contribution in [2.45, 2.75) is 45.6 Å². The highest BCUT2D eigenvalue weighted by Gasteiger charge is 2.32. The van der Waals surface area contributed by atoms with Crippen molar-refractivity contribution in [3.05, 3.63) is 47.0 Å². The van der Waals surface area contributed by atoms with Gasteiger partial charge >= 0.3 is 0 Å². The van der Waals surface area contributed by atoms with Gasteiger partial charge in [-0.15, -0.1) is 0 Å². The fraction of sp³-hybridized carbons (Fsp3) is 0.389. The molecule has 0 bridgehead atoms. The number of carbonyl (C=O) groups is 1. The summed E-state index contributed by atoms with van der Waals surface area (Å²) in [7, 11) is 0. The summed E-state index contributed by atoms with van der Waals surface area (Å²) in [4.78, 5) is 12.0. The first-order chi connectivity index (χ1) is 10.5. The molecule has 1 fully saturated rings. The number of aromatic nitrogens is 1. The van der Waals surface area contributed by atoms with Crippen LogP contribution in [0.2, 0.25) is 0 Å². The predicted molar refractivity (Wildman–Crippen MR) is 85.3 cm³/mol. The van der Waals surface area contributed by atoms with Gasteiger partial charge in [0.05, 0.1) is 5.56 Å². The van der Waals surface area contributed by atoms with Gasteiger partial charge in [-0.25, -0.2) is 4.39 Å². The first-order valence-corrected chi connectivity index (χ1v) is 7.84. The highest BCUT2D eigenvalue weighted by atomic mass is 19.1. The summed E-state index contributed by atoms with van der Waals surface area (Å²) in [5, 5.41) is 0. The average Bonchev–Trinajstić information content (AvgIpc) is 3.25. The zero-order chi connectivity index (χ0) is 15.9. The average molecular weight is 300 g/mol. The Kier molecular flexibility index (Phi) is 3.77. The topological polar surface area (TPSA) is 48.0 Å². The Labute approximate surface area is 129 Å². The van der Waals surface area contributed by atoms with Crippen molar-refractivity contribution in [2.75, 3.05) is 0 Å². The first kappa shape index (κ1) is 14.8. The lowest BCUT2D eigenvalue weighted by molar-refractivity contribution is 0.1000. The molecule has 1 saturated carbocycles. The van der Waals surface area contributed by atoms with Crippen LogP contribution in [0.5, 0.6) is 0 Å². The molecule has 0 saturated heterocycles. The van der Waals surface area contributed by atoms with Gasteiger partial charge < -0.3 is 10.3 Å². The van der Waals surface area contributed by atoms with Crippen molar-refractivity contribution < 1.29 is 9.18 Å². The van der Waals surface area contributed by atoms with Crippen LogP contribution in [0.4, 0.5) is 4.39 Å². The van der Waals surface area contributed by atoms with Gasteiger partial charge in [0.25, 0.3) is 5.91 Å². The molecule has 4 heteroatoms. The third-order valence-electron chi connectivity index (χ3n) is 4.33. The van der Waals surface area contributed by atoms with Gasteiger partial charge in [-0.1, -0.05) is 25.5 Å². The molecule has 1 amide bonds. The van der Waals surface area contributed by atoms with Gasteiger partial charge in [0, 0.05) is 23.0 Å². The minimum Gasteiger partial charge on any atom is -0.366 e. The molecular formula is C18H21FN2O. The lowest BCUT2D eigenvalue weighted by Gasteiger charge is -2.11. The number of benzene rings is 1. The van der Waals surface area contributed by atoms with Crippen LogP contribution in [0.3, 0.4) is 0 Å². The molecule has 1 aliphatic rings. The van der Waals surface area contributed by atoms with Crippen LogP contribution < -0.4 is 5.73 Å². The van der Waals surface area contributed by atoms with Crippen molar-refractivity contribution in [3.8, 4) is 11.1 Å². The van der Waals surface area contributed by atoms with Crippen molar-refractivity contribution in [1.82, 2.24) is 4.57 Å². The Morgan fingerprint density at radius 1 is 1.32 bits per heavy atom. The van der Waals surface area contributed by atoms with Gasteiger partial charge in [-0.2, -0.15) is 0 Å². The second kappa shape index (κ2) is 5.59. The van der Waals surface area contributed by atoms with Gasteiger partial charge in [-0.3, -0.25) is 4.79 Å². The normalized spacial score (nSPS) is 14.3. The zero-order valence-corrected chi connectivity index (χ0v) is 13.0. The second-order valence-electron chi connectivity index (χ2n) is 6.00. The fourth-order valence-electron chi connectivity index (χ4n) is 3.31. The van der Waals surface area contributed by atoms with Crippen LogP contribution in [-0.4, -0.2) is 10.5 Å². The Morgan fingerprint density at radius 2 is 1.95 bits per heavy atom. The highest BCUT2D eigenvalue weighted by Crippen LogP contribution is 2.43. The molecule has 0 spiro atoms. The third kappa shape index (κ3) is 2.43. The van der Waals surface area contributed by atoms with Crippen LogP contribution in [0.25, 0.3) is 11.1 Å². The van der Waals surface area contributed by atoms with E-state index in [1.807, 2.05) is 6.92 Å². The molecule has 22 heavy (non-hydrogen) atoms. The van der Waals surface area contributed by atoms with Gasteiger partial charge in [0.1, 0.15) is 5.82 Å². The van der Waals surface area contributed by atoms with Crippen LogP contribution in [0.1, 0.15) is 54.0 Å². The van der Waals surface area contributed by atoms with E-state index in [4.69, 9.17) is 5.73 Å². The lowest BCUT2D eigenvalue weighted by atomic mass is 9.98. The van der Waals surface area contributed by atoms with Gasteiger partial charge in [-0.05, 0) is 43.9 Å². The number of primary amides is 1. The molecule has 3 nitrogen and oxygen atoms in total. The fourth-order valence-corrected chi connectivity index (χ4v) is 3.31. The van der Waals surface area contributed by atoms with Crippen molar-refractivity contribution >= 4 is 5.91 Å². The van der Waals surface area contributed by atoms with Crippen molar-refractivity contribution in [3.63, 3.8) is 0 Å². The second-order valence-corrected chi connectivity index (χ2v) is 6.00. The Hall–Kier alpha value is -2.10. The molecule has 1 aliphatic carbocycles. The van der Waals surface area contributed by atoms with E-state index in [-0.39, 0.29) is 5.82 Å². The Balaban J connectivity index is 2.27. The molecule has 3 rings (SSSR count). The third-order valence-corrected chi connectivity index (χ3v) is 4.33. The van der Waals surface area contributed by atoms with E-state index in [1.54, 1.807) is 12.1 Å². The summed E-state index contributed by atoms with van der Waals surface area (Å²) in [5.74, 6) is -0.687. The quantitative estimate of drug-likeness (QED) is 0.891. The molecule has 1 aromatic heterocycles. The minimum absolute atomic E-state index is 0.278. The van der Waals surface area contributed by atoms with Crippen molar-refractivity contribution in [1.29, 1.82) is 0 Å². The van der Waals surface area contributed by atoms with E-state index in [1.165, 1.54) is 12.1 Å². The number of nitrogens with two attached hydrogens (primary N) is 1. The summed E-state index contributed by atoms with van der Waals surface area (Å²) < 4.78 is 15.5. The van der Waals surface area contributed by atoms with Crippen molar-refractivity contribution in [2.24, 2.45) is 5.73 Å². The molecule has 0 radical (unpaired) electrons. The van der Waals surface area contributed by atoms with Crippen LogP contribution in [0.15, 0.2) is 24.3 Å². The molecule has 0 aliphatic heterocycles. The SMILES string of the molecule is CCCc1c(-c2ccc(F)cc2)c(C(N)=O)c(C)n1C1CC1. The van der Waals surface area contributed by atoms with Crippen LogP contribution >= 0.6 is 0 Å². The number of halogens is 1. The monoisotopic (exact) mass is 300 g/mol. The smallest absolute Gasteiger partial charge is 0.251 e. The zero-order valence-electron chi connectivity index (χ0n) is 13.0. The van der Waals surface area contributed by atoms with E-state index in [2.05, 4.69) is 11.5 Å². The Bertz CT molecular complexity index is 712. The van der Waals surface area contributed by atoms with E-state index in [0.29, 0.717) is 11.6 Å². The molecule has 0 atom stereocenters. The number of nitrogens with zero attached hydrogens (tertiary/aromatic N) is 1. The first-order valence-electron chi connectivity index (χ1n) is 7.84. The standard InChI is InChI=1S/C18H21FN2O/c1-3-4-15-17(12-5-7-13(19)8-6-12)16(18(20)22)11(2)21(15)14-9-10-14/h5-8,14H,3-4,9-10H2,1-2H3,(H2,20,22). The number of rotatable bonds is 5. The summed E-state index contributed by atoms with van der Waals surface area (Å²) >= 11 is 0. The predicted octanol–water partition coefficient (Wildman–Crippen LogP) is 3.99. The summed E-state index contributed by atoms with van der Waals surface area (Å²) in [5.41, 5.74) is 10.1. The maximum Gasteiger partial charge on any atom is 0.251 e. The maximum atomic E-state index is 13.2. The number of amides is 1. The molecule has 1 aromatic carbocycles. The van der Waals surface area contributed by atoms with E-state index < -0.39 is 5.91 Å². The Morgan fingerprint density at radius 3 is 2.45 bits per heavy atom. The summed E-state index contributed by atoms with van der Waals surface area (Å²) in [6.45, 7) is 4.09. The molecule has 116 valence electrons. The van der Waals surface area contributed by atoms with E-state index >= 15 is 0 Å². The maximum absolute atomic E-state index is 13.2. The molecule has 2 N–H and O–H groups in total. The van der Waals surface area contributed by atoms with Crippen LogP contribution in [0, 0.1) is 12.7 Å². The van der Waals surface area contributed by atoms with E-state index in [9.17, 15) is 9.18 Å². The van der Waals surface area contributed by atoms with Gasteiger partial charge in [0.2, 0.25) is 0 Å². The number of carbonyl (C=O) groups excluding carboxylic acids is 1. The van der Waals surface area contributed by atoms with E-state index in [0.717, 1.165) is 48.2 Å². The van der Waals surface area contributed by atoms with Gasteiger partial charge in [0.15, 0.2) is 0 Å². The van der Waals surface area contributed by atoms with Crippen LogP contribution in [-0.2, 0) is 6.42 Å². The molecule has 1 heterocycles. The summed E-state index contributed by atoms with van der Waals surface area (Å²) in [6.07, 6.45) is 4.17. The lowest BCUT2D eigenvalue weighted by Crippen LogP contribution is -2.13. The molecule has 0 unspecified atom stereocenters. The highest BCUT2D eigenvalue weighted by molar-refractivity contribution is 6.02. The molecular weight excluding hydrogens is 279 g/mol. The molecule has 2 aromatic rings. The number of hydrogen-bond donors (Lipinski definition) is 1. The number of hydrogen-bond acceptors (Lipinski definition) is 1. The minimum atomic E-state index is -0.409. The largest absolute Gasteiger partial charge is 0.366 e.